The zero-order chi connectivity index (χ0) is 14.9. The van der Waals surface area contributed by atoms with Crippen LogP contribution in [0.25, 0.3) is 28.0 Å². The van der Waals surface area contributed by atoms with Crippen LogP contribution in [-0.2, 0) is 0 Å². The Morgan fingerprint density at radius 1 is 0.682 bits per heavy atom. The molecule has 0 saturated heterocycles. The third-order valence-corrected chi connectivity index (χ3v) is 3.91. The van der Waals surface area contributed by atoms with E-state index in [9.17, 15) is 0 Å². The van der Waals surface area contributed by atoms with Gasteiger partial charge in [-0.1, -0.05) is 60.2 Å². The van der Waals surface area contributed by atoms with E-state index >= 15 is 0 Å². The first-order chi connectivity index (χ1) is 10.8. The van der Waals surface area contributed by atoms with Gasteiger partial charge in [-0.3, -0.25) is 0 Å². The SMILES string of the molecule is Cc1ccc(-c2cn3cc(-c4ccccc4)ccc3n2)cc1. The zero-order valence-corrected chi connectivity index (χ0v) is 12.4. The Hall–Kier alpha value is -2.87. The second-order valence-corrected chi connectivity index (χ2v) is 5.54. The van der Waals surface area contributed by atoms with E-state index in [0.29, 0.717) is 0 Å². The predicted octanol–water partition coefficient (Wildman–Crippen LogP) is 4.98. The van der Waals surface area contributed by atoms with Crippen molar-refractivity contribution in [2.75, 3.05) is 0 Å². The van der Waals surface area contributed by atoms with E-state index in [1.165, 1.54) is 16.7 Å². The average molecular weight is 284 g/mol. The van der Waals surface area contributed by atoms with E-state index in [-0.39, 0.29) is 0 Å². The predicted molar refractivity (Wildman–Crippen MR) is 90.8 cm³/mol. The van der Waals surface area contributed by atoms with Gasteiger partial charge in [0.25, 0.3) is 0 Å². The second-order valence-electron chi connectivity index (χ2n) is 5.54. The Morgan fingerprint density at radius 3 is 2.18 bits per heavy atom. The minimum absolute atomic E-state index is 0.968. The monoisotopic (exact) mass is 284 g/mol. The van der Waals surface area contributed by atoms with Gasteiger partial charge in [-0.15, -0.1) is 0 Å². The maximum Gasteiger partial charge on any atom is 0.137 e. The normalized spacial score (nSPS) is 11.0. The van der Waals surface area contributed by atoms with Gasteiger partial charge in [0.1, 0.15) is 5.65 Å². The second kappa shape index (κ2) is 5.15. The van der Waals surface area contributed by atoms with Crippen molar-refractivity contribution in [3.05, 3.63) is 84.7 Å². The van der Waals surface area contributed by atoms with Crippen LogP contribution >= 0.6 is 0 Å². The number of pyridine rings is 1. The zero-order valence-electron chi connectivity index (χ0n) is 12.4. The first-order valence-electron chi connectivity index (χ1n) is 7.41. The maximum absolute atomic E-state index is 4.71. The first kappa shape index (κ1) is 12.8. The van der Waals surface area contributed by atoms with Crippen LogP contribution in [0.15, 0.2) is 79.1 Å². The van der Waals surface area contributed by atoms with Crippen molar-refractivity contribution in [2.24, 2.45) is 0 Å². The summed E-state index contributed by atoms with van der Waals surface area (Å²) in [7, 11) is 0. The molecule has 2 heterocycles. The van der Waals surface area contributed by atoms with Crippen LogP contribution in [0.2, 0.25) is 0 Å². The summed E-state index contributed by atoms with van der Waals surface area (Å²) in [4.78, 5) is 4.71. The molecule has 106 valence electrons. The molecule has 0 N–H and O–H groups in total. The largest absolute Gasteiger partial charge is 0.306 e. The van der Waals surface area contributed by atoms with Crippen molar-refractivity contribution in [1.29, 1.82) is 0 Å². The number of hydrogen-bond donors (Lipinski definition) is 0. The molecular weight excluding hydrogens is 268 g/mol. The van der Waals surface area contributed by atoms with E-state index < -0.39 is 0 Å². The third kappa shape index (κ3) is 2.29. The highest BCUT2D eigenvalue weighted by molar-refractivity contribution is 5.67. The van der Waals surface area contributed by atoms with Gasteiger partial charge in [0.05, 0.1) is 5.69 Å². The molecule has 0 unspecified atom stereocenters. The highest BCUT2D eigenvalue weighted by atomic mass is 15.0. The number of aromatic nitrogens is 2. The van der Waals surface area contributed by atoms with Crippen molar-refractivity contribution >= 4 is 5.65 Å². The van der Waals surface area contributed by atoms with Crippen molar-refractivity contribution in [3.8, 4) is 22.4 Å². The lowest BCUT2D eigenvalue weighted by Gasteiger charge is -2.01. The first-order valence-corrected chi connectivity index (χ1v) is 7.41. The fraction of sp³-hybridized carbons (Fsp3) is 0.0500. The number of rotatable bonds is 2. The van der Waals surface area contributed by atoms with E-state index in [1.54, 1.807) is 0 Å². The summed E-state index contributed by atoms with van der Waals surface area (Å²) in [6, 6.07) is 23.1. The summed E-state index contributed by atoms with van der Waals surface area (Å²) in [5, 5.41) is 0. The molecule has 0 atom stereocenters. The minimum atomic E-state index is 0.968. The molecule has 0 saturated carbocycles. The molecule has 4 aromatic rings. The molecule has 0 aliphatic carbocycles. The number of aryl methyl sites for hydroxylation is 1. The Bertz CT molecular complexity index is 919. The lowest BCUT2D eigenvalue weighted by Crippen LogP contribution is -1.84. The minimum Gasteiger partial charge on any atom is -0.306 e. The average Bonchev–Trinajstić information content (AvgIpc) is 2.99. The highest BCUT2D eigenvalue weighted by Crippen LogP contribution is 2.23. The quantitative estimate of drug-likeness (QED) is 0.507. The molecule has 0 bridgehead atoms. The van der Waals surface area contributed by atoms with Gasteiger partial charge in [-0.05, 0) is 30.2 Å². The Kier molecular flexibility index (Phi) is 3.01. The van der Waals surface area contributed by atoms with Crippen LogP contribution in [0.4, 0.5) is 0 Å². The van der Waals surface area contributed by atoms with Crippen molar-refractivity contribution in [2.45, 2.75) is 6.92 Å². The molecule has 2 nitrogen and oxygen atoms in total. The number of benzene rings is 2. The summed E-state index contributed by atoms with van der Waals surface area (Å²) in [6.07, 6.45) is 4.22. The lowest BCUT2D eigenvalue weighted by atomic mass is 10.1. The molecule has 0 aliphatic rings. The van der Waals surface area contributed by atoms with Crippen LogP contribution < -0.4 is 0 Å². The number of nitrogens with zero attached hydrogens (tertiary/aromatic N) is 2. The summed E-state index contributed by atoms with van der Waals surface area (Å²) < 4.78 is 2.09. The van der Waals surface area contributed by atoms with Crippen LogP contribution in [-0.4, -0.2) is 9.38 Å². The van der Waals surface area contributed by atoms with E-state index in [1.807, 2.05) is 6.07 Å². The summed E-state index contributed by atoms with van der Waals surface area (Å²) >= 11 is 0. The third-order valence-electron chi connectivity index (χ3n) is 3.91. The lowest BCUT2D eigenvalue weighted by molar-refractivity contribution is 1.19. The van der Waals surface area contributed by atoms with Gasteiger partial charge in [0.2, 0.25) is 0 Å². The van der Waals surface area contributed by atoms with Crippen LogP contribution in [0.1, 0.15) is 5.56 Å². The molecule has 22 heavy (non-hydrogen) atoms. The Morgan fingerprint density at radius 2 is 1.41 bits per heavy atom. The van der Waals surface area contributed by atoms with Crippen LogP contribution in [0.5, 0.6) is 0 Å². The van der Waals surface area contributed by atoms with Crippen LogP contribution in [0.3, 0.4) is 0 Å². The van der Waals surface area contributed by atoms with Crippen molar-refractivity contribution in [1.82, 2.24) is 9.38 Å². The molecule has 0 spiro atoms. The van der Waals surface area contributed by atoms with E-state index in [2.05, 4.69) is 84.4 Å². The van der Waals surface area contributed by atoms with Gasteiger partial charge in [-0.2, -0.15) is 0 Å². The Labute approximate surface area is 129 Å². The Balaban J connectivity index is 1.80. The van der Waals surface area contributed by atoms with Gasteiger partial charge in [-0.25, -0.2) is 4.98 Å². The molecular formula is C20H16N2. The molecule has 0 fully saturated rings. The molecule has 2 aromatic carbocycles. The smallest absolute Gasteiger partial charge is 0.137 e. The van der Waals surface area contributed by atoms with Crippen molar-refractivity contribution in [3.63, 3.8) is 0 Å². The summed E-state index contributed by atoms with van der Waals surface area (Å²) in [5.41, 5.74) is 6.80. The molecule has 0 radical (unpaired) electrons. The number of hydrogen-bond acceptors (Lipinski definition) is 1. The van der Waals surface area contributed by atoms with Crippen molar-refractivity contribution < 1.29 is 0 Å². The van der Waals surface area contributed by atoms with Gasteiger partial charge in [0, 0.05) is 18.0 Å². The van der Waals surface area contributed by atoms with E-state index in [0.717, 1.165) is 16.9 Å². The van der Waals surface area contributed by atoms with Gasteiger partial charge >= 0.3 is 0 Å². The van der Waals surface area contributed by atoms with E-state index in [4.69, 9.17) is 4.98 Å². The molecule has 0 aliphatic heterocycles. The maximum atomic E-state index is 4.71. The molecule has 0 amide bonds. The van der Waals surface area contributed by atoms with Gasteiger partial charge in [0.15, 0.2) is 0 Å². The van der Waals surface area contributed by atoms with Gasteiger partial charge < -0.3 is 4.40 Å². The fourth-order valence-corrected chi connectivity index (χ4v) is 2.66. The fourth-order valence-electron chi connectivity index (χ4n) is 2.66. The molecule has 4 rings (SSSR count). The molecule has 2 aromatic heterocycles. The highest BCUT2D eigenvalue weighted by Gasteiger charge is 2.05. The standard InChI is InChI=1S/C20H16N2/c1-15-7-9-17(10-8-15)19-14-22-13-18(11-12-20(22)21-19)16-5-3-2-4-6-16/h2-14H,1H3. The number of imidazole rings is 1. The molecule has 2 heteroatoms. The topological polar surface area (TPSA) is 17.3 Å². The summed E-state index contributed by atoms with van der Waals surface area (Å²) in [6.45, 7) is 2.10. The number of fused-ring (bicyclic) bond motifs is 1. The van der Waals surface area contributed by atoms with Crippen LogP contribution in [0, 0.1) is 6.92 Å². The summed E-state index contributed by atoms with van der Waals surface area (Å²) in [5.74, 6) is 0.